The van der Waals surface area contributed by atoms with E-state index in [4.69, 9.17) is 16.6 Å². The lowest BCUT2D eigenvalue weighted by atomic mass is 9.76. The molecular formula is C8H15N3O2. The maximum absolute atomic E-state index is 10.9. The van der Waals surface area contributed by atoms with Crippen molar-refractivity contribution in [3.63, 3.8) is 0 Å². The molecule has 0 aromatic rings. The van der Waals surface area contributed by atoms with Gasteiger partial charge in [0.2, 0.25) is 0 Å². The normalized spacial score (nSPS) is 49.2. The molecule has 3 saturated heterocycles. The van der Waals surface area contributed by atoms with E-state index in [0.29, 0.717) is 6.54 Å². The molecule has 0 aromatic heterocycles. The van der Waals surface area contributed by atoms with Gasteiger partial charge < -0.3 is 16.6 Å². The van der Waals surface area contributed by atoms with Gasteiger partial charge in [0.25, 0.3) is 0 Å². The minimum Gasteiger partial charge on any atom is -0.480 e. The molecule has 3 rings (SSSR count). The molecule has 0 aromatic carbocycles. The first-order valence-corrected chi connectivity index (χ1v) is 4.59. The second-order valence-electron chi connectivity index (χ2n) is 3.97. The van der Waals surface area contributed by atoms with Gasteiger partial charge in [0.15, 0.2) is 0 Å². The Morgan fingerprint density at radius 1 is 1.46 bits per heavy atom. The summed E-state index contributed by atoms with van der Waals surface area (Å²) in [5.74, 6) is -0.629. The predicted octanol–water partition coefficient (Wildman–Crippen LogP) is -1.57. The summed E-state index contributed by atoms with van der Waals surface area (Å²) >= 11 is 0. The highest BCUT2D eigenvalue weighted by atomic mass is 16.4. The first-order valence-electron chi connectivity index (χ1n) is 4.59. The molecule has 0 aliphatic carbocycles. The molecule has 0 amide bonds. The van der Waals surface area contributed by atoms with E-state index in [2.05, 4.69) is 0 Å². The van der Waals surface area contributed by atoms with Crippen LogP contribution in [0, 0.1) is 5.92 Å². The van der Waals surface area contributed by atoms with E-state index in [1.165, 1.54) is 0 Å². The number of hydrogen-bond acceptors (Lipinski definition) is 4. The Bertz CT molecular complexity index is 231. The number of hydrogen-bond donors (Lipinski definition) is 3. The first-order chi connectivity index (χ1) is 6.11. The van der Waals surface area contributed by atoms with Crippen LogP contribution in [0.15, 0.2) is 0 Å². The highest BCUT2D eigenvalue weighted by Crippen LogP contribution is 2.30. The quantitative estimate of drug-likeness (QED) is 0.459. The molecule has 0 spiro atoms. The lowest BCUT2D eigenvalue weighted by Gasteiger charge is -2.50. The fourth-order valence-electron chi connectivity index (χ4n) is 2.56. The third-order valence-corrected chi connectivity index (χ3v) is 3.25. The van der Waals surface area contributed by atoms with Crippen LogP contribution in [0.5, 0.6) is 0 Å². The van der Waals surface area contributed by atoms with E-state index >= 15 is 0 Å². The lowest BCUT2D eigenvalue weighted by Crippen LogP contribution is -2.70. The topological polar surface area (TPSA) is 92.6 Å². The Balaban J connectivity index is 2.21. The van der Waals surface area contributed by atoms with Crippen LogP contribution in [0.1, 0.15) is 6.42 Å². The number of fused-ring (bicyclic) bond motifs is 3. The number of piperidine rings is 3. The average Bonchev–Trinajstić information content (AvgIpc) is 2.03. The van der Waals surface area contributed by atoms with E-state index in [0.717, 1.165) is 13.0 Å². The second-order valence-corrected chi connectivity index (χ2v) is 3.97. The van der Waals surface area contributed by atoms with Crippen LogP contribution in [0.3, 0.4) is 0 Å². The molecular weight excluding hydrogens is 170 g/mol. The van der Waals surface area contributed by atoms with E-state index in [-0.39, 0.29) is 18.0 Å². The van der Waals surface area contributed by atoms with E-state index in [1.54, 1.807) is 0 Å². The highest BCUT2D eigenvalue weighted by molar-refractivity contribution is 5.75. The van der Waals surface area contributed by atoms with Crippen molar-refractivity contribution >= 4 is 5.97 Å². The van der Waals surface area contributed by atoms with Crippen LogP contribution in [-0.4, -0.2) is 47.2 Å². The van der Waals surface area contributed by atoms with Crippen LogP contribution in [0.2, 0.25) is 0 Å². The van der Waals surface area contributed by atoms with Gasteiger partial charge >= 0.3 is 5.97 Å². The van der Waals surface area contributed by atoms with Crippen molar-refractivity contribution in [1.82, 2.24) is 4.90 Å². The minimum atomic E-state index is -0.816. The summed E-state index contributed by atoms with van der Waals surface area (Å²) in [5, 5.41) is 8.95. The number of nitrogens with zero attached hydrogens (tertiary/aromatic N) is 1. The number of carboxylic acids is 1. The van der Waals surface area contributed by atoms with Crippen molar-refractivity contribution in [1.29, 1.82) is 0 Å². The standard InChI is InChI=1S/C8H15N3O2/c9-5-3-11-2-1-4(5)6(10)7(11)8(12)13/h4-7H,1-3,9-10H2,(H,12,13). The summed E-state index contributed by atoms with van der Waals surface area (Å²) in [6, 6.07) is -0.757. The van der Waals surface area contributed by atoms with Crippen LogP contribution in [0.25, 0.3) is 0 Å². The molecule has 5 unspecified atom stereocenters. The van der Waals surface area contributed by atoms with Crippen molar-refractivity contribution in [3.05, 3.63) is 0 Å². The van der Waals surface area contributed by atoms with Gasteiger partial charge in [-0.25, -0.2) is 0 Å². The maximum Gasteiger partial charge on any atom is 0.322 e. The lowest BCUT2D eigenvalue weighted by molar-refractivity contribution is -0.149. The molecule has 74 valence electrons. The molecule has 2 bridgehead atoms. The molecule has 3 aliphatic heterocycles. The van der Waals surface area contributed by atoms with Crippen LogP contribution in [0.4, 0.5) is 0 Å². The van der Waals surface area contributed by atoms with Crippen molar-refractivity contribution in [2.75, 3.05) is 13.1 Å². The fraction of sp³-hybridized carbons (Fsp3) is 0.875. The third kappa shape index (κ3) is 1.23. The Morgan fingerprint density at radius 2 is 2.15 bits per heavy atom. The Labute approximate surface area is 76.7 Å². The number of rotatable bonds is 1. The van der Waals surface area contributed by atoms with Crippen LogP contribution >= 0.6 is 0 Å². The summed E-state index contributed by atoms with van der Waals surface area (Å²) in [4.78, 5) is 12.8. The monoisotopic (exact) mass is 185 g/mol. The summed E-state index contributed by atoms with van der Waals surface area (Å²) < 4.78 is 0. The van der Waals surface area contributed by atoms with Crippen molar-refractivity contribution in [3.8, 4) is 0 Å². The third-order valence-electron chi connectivity index (χ3n) is 3.25. The van der Waals surface area contributed by atoms with Gasteiger partial charge in [-0.15, -0.1) is 0 Å². The Hall–Kier alpha value is -0.650. The predicted molar refractivity (Wildman–Crippen MR) is 47.1 cm³/mol. The van der Waals surface area contributed by atoms with E-state index < -0.39 is 12.0 Å². The van der Waals surface area contributed by atoms with Crippen LogP contribution < -0.4 is 11.5 Å². The molecule has 5 N–H and O–H groups in total. The molecule has 5 nitrogen and oxygen atoms in total. The molecule has 3 fully saturated rings. The summed E-state index contributed by atoms with van der Waals surface area (Å²) in [6.45, 7) is 1.50. The number of nitrogens with two attached hydrogens (primary N) is 2. The molecule has 3 heterocycles. The van der Waals surface area contributed by atoms with Gasteiger partial charge in [0.05, 0.1) is 0 Å². The Morgan fingerprint density at radius 3 is 2.62 bits per heavy atom. The van der Waals surface area contributed by atoms with Gasteiger partial charge in [-0.3, -0.25) is 9.69 Å². The van der Waals surface area contributed by atoms with Gasteiger partial charge in [-0.2, -0.15) is 0 Å². The van der Waals surface area contributed by atoms with E-state index in [1.807, 2.05) is 4.90 Å². The number of carbonyl (C=O) groups is 1. The molecule has 5 atom stereocenters. The van der Waals surface area contributed by atoms with Gasteiger partial charge in [-0.05, 0) is 18.9 Å². The zero-order valence-corrected chi connectivity index (χ0v) is 7.39. The van der Waals surface area contributed by atoms with Crippen molar-refractivity contribution < 1.29 is 9.90 Å². The molecule has 5 heteroatoms. The zero-order chi connectivity index (χ0) is 9.59. The summed E-state index contributed by atoms with van der Waals surface area (Å²) in [5.41, 5.74) is 11.7. The summed E-state index contributed by atoms with van der Waals surface area (Å²) in [7, 11) is 0. The van der Waals surface area contributed by atoms with Gasteiger partial charge in [0, 0.05) is 18.6 Å². The second kappa shape index (κ2) is 2.94. The molecule has 0 radical (unpaired) electrons. The average molecular weight is 185 g/mol. The number of carboxylic acid groups (broad SMARTS) is 1. The SMILES string of the molecule is NC1CN2CCC1C(N)C2C(=O)O. The molecule has 13 heavy (non-hydrogen) atoms. The zero-order valence-electron chi connectivity index (χ0n) is 7.39. The van der Waals surface area contributed by atoms with Gasteiger partial charge in [-0.1, -0.05) is 0 Å². The smallest absolute Gasteiger partial charge is 0.322 e. The molecule has 3 aliphatic rings. The first kappa shape index (κ1) is 8.93. The minimum absolute atomic E-state index is 0.0550. The largest absolute Gasteiger partial charge is 0.480 e. The van der Waals surface area contributed by atoms with Crippen molar-refractivity contribution in [2.45, 2.75) is 24.5 Å². The molecule has 0 saturated carbocycles. The van der Waals surface area contributed by atoms with Crippen LogP contribution in [-0.2, 0) is 4.79 Å². The fourth-order valence-corrected chi connectivity index (χ4v) is 2.56. The van der Waals surface area contributed by atoms with Crippen molar-refractivity contribution in [2.24, 2.45) is 17.4 Å². The highest BCUT2D eigenvalue weighted by Gasteiger charge is 2.47. The van der Waals surface area contributed by atoms with Gasteiger partial charge in [0.1, 0.15) is 6.04 Å². The van der Waals surface area contributed by atoms with E-state index in [9.17, 15) is 4.79 Å². The maximum atomic E-state index is 10.9. The number of aliphatic carboxylic acids is 1. The summed E-state index contributed by atoms with van der Waals surface area (Å²) in [6.07, 6.45) is 0.937. The Kier molecular flexibility index (Phi) is 2.02.